The number of methoxy groups -OCH3 is 4. The molecule has 4 aliphatic carbocycles. The van der Waals surface area contributed by atoms with Crippen LogP contribution in [-0.2, 0) is 9.47 Å². The monoisotopic (exact) mass is 822 g/mol. The van der Waals surface area contributed by atoms with Gasteiger partial charge in [-0.3, -0.25) is 0 Å². The minimum atomic E-state index is -0.556. The van der Waals surface area contributed by atoms with Crippen molar-refractivity contribution >= 4 is 40.7 Å². The minimum Gasteiger partial charge on any atom is -0.494 e. The van der Waals surface area contributed by atoms with Crippen molar-refractivity contribution in [1.82, 2.24) is 0 Å². The second kappa shape index (κ2) is 18.3. The molecule has 0 radical (unpaired) electrons. The fraction of sp³-hybridized carbons (Fsp3) is 0.673. The molecule has 2 aromatic carbocycles. The second-order valence-corrected chi connectivity index (χ2v) is 19.9. The summed E-state index contributed by atoms with van der Waals surface area (Å²) in [6.45, 7) is 12.7. The molecular formula is C49H68Cl2O6. The first-order valence-electron chi connectivity index (χ1n) is 21.8. The molecule has 0 heterocycles. The van der Waals surface area contributed by atoms with Gasteiger partial charge in [0.1, 0.15) is 11.1 Å². The highest BCUT2D eigenvalue weighted by molar-refractivity contribution is 6.33. The van der Waals surface area contributed by atoms with E-state index in [1.807, 2.05) is 0 Å². The van der Waals surface area contributed by atoms with E-state index < -0.39 is 11.9 Å². The van der Waals surface area contributed by atoms with Crippen molar-refractivity contribution in [2.24, 2.45) is 58.2 Å². The smallest absolute Gasteiger partial charge is 0.341 e. The fourth-order valence-electron chi connectivity index (χ4n) is 12.9. The van der Waals surface area contributed by atoms with Crippen molar-refractivity contribution < 1.29 is 28.5 Å². The molecule has 57 heavy (non-hydrogen) atoms. The van der Waals surface area contributed by atoms with Gasteiger partial charge in [-0.2, -0.15) is 0 Å². The molecule has 4 aliphatic rings. The molecule has 6 rings (SSSR count). The van der Waals surface area contributed by atoms with E-state index in [2.05, 4.69) is 40.7 Å². The molecule has 4 saturated carbocycles. The zero-order chi connectivity index (χ0) is 41.2. The molecular weight excluding hydrogens is 755 g/mol. The van der Waals surface area contributed by atoms with Crippen LogP contribution in [-0.4, -0.2) is 40.4 Å². The average molecular weight is 824 g/mol. The Bertz CT molecular complexity index is 1730. The number of carbonyl (C=O) groups excluding carboxylic acids is 2. The normalized spacial score (nSPS) is 29.8. The van der Waals surface area contributed by atoms with Crippen molar-refractivity contribution in [1.29, 1.82) is 0 Å². The van der Waals surface area contributed by atoms with E-state index >= 15 is 0 Å². The van der Waals surface area contributed by atoms with E-state index in [-0.39, 0.29) is 32.7 Å². The summed E-state index contributed by atoms with van der Waals surface area (Å²) in [4.78, 5) is 25.8. The molecule has 0 unspecified atom stereocenters. The number of hydrogen-bond acceptors (Lipinski definition) is 6. The lowest BCUT2D eigenvalue weighted by Gasteiger charge is -2.61. The zero-order valence-electron chi connectivity index (χ0n) is 36.1. The highest BCUT2D eigenvalue weighted by atomic mass is 35.5. The van der Waals surface area contributed by atoms with Gasteiger partial charge in [0, 0.05) is 0 Å². The molecule has 2 aromatic rings. The lowest BCUT2D eigenvalue weighted by molar-refractivity contribution is -0.121. The molecule has 314 valence electrons. The van der Waals surface area contributed by atoms with Crippen molar-refractivity contribution in [3.05, 3.63) is 62.6 Å². The third-order valence-electron chi connectivity index (χ3n) is 15.8. The number of halogens is 2. The van der Waals surface area contributed by atoms with Gasteiger partial charge in [-0.05, 0) is 170 Å². The number of carbonyl (C=O) groups is 2. The van der Waals surface area contributed by atoms with Crippen LogP contribution in [0.15, 0.2) is 30.3 Å². The van der Waals surface area contributed by atoms with E-state index in [4.69, 9.17) is 42.1 Å². The maximum Gasteiger partial charge on any atom is 0.341 e. The van der Waals surface area contributed by atoms with Gasteiger partial charge in [0.2, 0.25) is 0 Å². The van der Waals surface area contributed by atoms with Gasteiger partial charge in [-0.25, -0.2) is 9.59 Å². The number of hydrogen-bond donors (Lipinski definition) is 0. The average Bonchev–Trinajstić information content (AvgIpc) is 3.55. The number of fused-ring (bicyclic) bond motifs is 5. The van der Waals surface area contributed by atoms with E-state index in [0.29, 0.717) is 27.9 Å². The zero-order valence-corrected chi connectivity index (χ0v) is 37.6. The van der Waals surface area contributed by atoms with Crippen LogP contribution in [0, 0.1) is 58.2 Å². The van der Waals surface area contributed by atoms with Gasteiger partial charge in [0.15, 0.2) is 11.5 Å². The van der Waals surface area contributed by atoms with Crippen molar-refractivity contribution in [2.45, 2.75) is 125 Å². The molecule has 0 amide bonds. The fourth-order valence-corrected chi connectivity index (χ4v) is 13.5. The molecule has 0 aromatic heterocycles. The number of esters is 2. The summed E-state index contributed by atoms with van der Waals surface area (Å²) in [5.41, 5.74) is 3.59. The summed E-state index contributed by atoms with van der Waals surface area (Å²) in [5.74, 6) is 6.03. The van der Waals surface area contributed by atoms with Gasteiger partial charge in [0.25, 0.3) is 0 Å². The van der Waals surface area contributed by atoms with E-state index in [1.165, 1.54) is 105 Å². The lowest BCUT2D eigenvalue weighted by Crippen LogP contribution is -2.53. The Labute approximate surface area is 353 Å². The third-order valence-corrected chi connectivity index (χ3v) is 16.4. The number of rotatable bonds is 14. The minimum absolute atomic E-state index is 0.218. The SMILES string of the molecule is COC(=O)c1cc(C(=CCC[C@H]2CC[C@@]3(C)[C@@H](CC[C@@H]4[C@@H]3CC[C@]3(C)[C@@H]([C@@H](C)CCCC(C)C)CC[C@@H]43)C2)c2cc(Cl)c(OC)c(C(=O)OC)c2)cc(Cl)c1OC. The van der Waals surface area contributed by atoms with Gasteiger partial charge in [-0.1, -0.05) is 83.2 Å². The van der Waals surface area contributed by atoms with Crippen molar-refractivity contribution in [2.75, 3.05) is 28.4 Å². The van der Waals surface area contributed by atoms with Crippen LogP contribution in [0.2, 0.25) is 10.0 Å². The topological polar surface area (TPSA) is 71.1 Å². The first kappa shape index (κ1) is 43.9. The van der Waals surface area contributed by atoms with Crippen molar-refractivity contribution in [3.63, 3.8) is 0 Å². The largest absolute Gasteiger partial charge is 0.494 e. The number of ether oxygens (including phenoxy) is 4. The number of allylic oxidation sites excluding steroid dienone is 1. The summed E-state index contributed by atoms with van der Waals surface area (Å²) in [5, 5.41) is 0.562. The van der Waals surface area contributed by atoms with Crippen LogP contribution in [0.5, 0.6) is 11.5 Å². The summed E-state index contributed by atoms with van der Waals surface area (Å²) < 4.78 is 21.2. The Hall–Kier alpha value is -2.70. The molecule has 6 nitrogen and oxygen atoms in total. The van der Waals surface area contributed by atoms with Crippen LogP contribution in [0.3, 0.4) is 0 Å². The van der Waals surface area contributed by atoms with Gasteiger partial charge in [0.05, 0.1) is 38.5 Å². The van der Waals surface area contributed by atoms with Crippen LogP contribution < -0.4 is 9.47 Å². The Morgan fingerprint density at radius 1 is 0.754 bits per heavy atom. The Balaban J connectivity index is 1.20. The van der Waals surface area contributed by atoms with Crippen LogP contribution in [0.25, 0.3) is 5.57 Å². The lowest BCUT2D eigenvalue weighted by atomic mass is 9.44. The van der Waals surface area contributed by atoms with Gasteiger partial charge in [-0.15, -0.1) is 0 Å². The summed E-state index contributed by atoms with van der Waals surface area (Å²) in [7, 11) is 5.62. The van der Waals surface area contributed by atoms with Gasteiger partial charge < -0.3 is 18.9 Å². The molecule has 9 atom stereocenters. The highest BCUT2D eigenvalue weighted by Crippen LogP contribution is 2.69. The van der Waals surface area contributed by atoms with E-state index in [9.17, 15) is 9.59 Å². The Kier molecular flexibility index (Phi) is 14.1. The molecule has 0 aliphatic heterocycles. The summed E-state index contributed by atoms with van der Waals surface area (Å²) in [6.07, 6.45) is 20.7. The predicted octanol–water partition coefficient (Wildman–Crippen LogP) is 13.5. The highest BCUT2D eigenvalue weighted by Gasteiger charge is 2.60. The van der Waals surface area contributed by atoms with E-state index in [0.717, 1.165) is 59.8 Å². The maximum absolute atomic E-state index is 12.9. The maximum atomic E-state index is 12.9. The summed E-state index contributed by atoms with van der Waals surface area (Å²) >= 11 is 13.5. The molecule has 0 saturated heterocycles. The molecule has 0 spiro atoms. The third kappa shape index (κ3) is 8.66. The number of benzene rings is 2. The standard InChI is InChI=1S/C49H68Cl2O6/c1-29(2)12-10-13-30(3)39-18-19-40-36-17-16-34-24-31(20-22-48(34,4)41(36)21-23-49(39,40)5)14-11-15-35(32-25-37(46(52)56-8)44(54-6)42(50)27-32)33-26-38(47(53)57-9)45(55-7)43(51)28-33/h15,25-31,34,36,39-41H,10-14,16-24H2,1-9H3/t30-,31-,34-,36-,39+,40-,41-,48-,49+/m0/s1. The Morgan fingerprint density at radius 2 is 1.33 bits per heavy atom. The van der Waals surface area contributed by atoms with Crippen LogP contribution in [0.1, 0.15) is 156 Å². The van der Waals surface area contributed by atoms with Crippen LogP contribution in [0.4, 0.5) is 0 Å². The Morgan fingerprint density at radius 3 is 1.89 bits per heavy atom. The predicted molar refractivity (Wildman–Crippen MR) is 232 cm³/mol. The van der Waals surface area contributed by atoms with Gasteiger partial charge >= 0.3 is 11.9 Å². The second-order valence-electron chi connectivity index (χ2n) is 19.1. The first-order valence-corrected chi connectivity index (χ1v) is 22.6. The first-order chi connectivity index (χ1) is 27.2. The molecule has 8 heteroatoms. The van der Waals surface area contributed by atoms with E-state index in [1.54, 1.807) is 24.3 Å². The summed E-state index contributed by atoms with van der Waals surface area (Å²) in [6, 6.07) is 7.04. The molecule has 4 fully saturated rings. The van der Waals surface area contributed by atoms with Crippen LogP contribution >= 0.6 is 23.2 Å². The quantitative estimate of drug-likeness (QED) is 0.177. The molecule has 0 bridgehead atoms. The van der Waals surface area contributed by atoms with Crippen molar-refractivity contribution in [3.8, 4) is 11.5 Å². The molecule has 0 N–H and O–H groups in total.